The first-order chi connectivity index (χ1) is 35.0. The Morgan fingerprint density at radius 3 is 0.873 bits per heavy atom. The lowest BCUT2D eigenvalue weighted by Gasteiger charge is -2.18. The van der Waals surface area contributed by atoms with Gasteiger partial charge in [0.2, 0.25) is 0 Å². The first kappa shape index (κ1) is 66.0. The van der Waals surface area contributed by atoms with E-state index in [0.29, 0.717) is 12.8 Å². The minimum atomic E-state index is -0.830. The molecular formula is C65H100O6. The van der Waals surface area contributed by atoms with E-state index >= 15 is 0 Å². The van der Waals surface area contributed by atoms with E-state index in [1.54, 1.807) is 0 Å². The molecule has 0 amide bonds. The smallest absolute Gasteiger partial charge is 0.306 e. The molecule has 0 spiro atoms. The van der Waals surface area contributed by atoms with Gasteiger partial charge in [-0.15, -0.1) is 0 Å². The van der Waals surface area contributed by atoms with E-state index in [0.717, 1.165) is 154 Å². The van der Waals surface area contributed by atoms with E-state index < -0.39 is 6.10 Å². The van der Waals surface area contributed by atoms with Gasteiger partial charge in [-0.25, -0.2) is 0 Å². The Kier molecular flexibility index (Phi) is 53.6. The molecule has 0 saturated carbocycles. The van der Waals surface area contributed by atoms with Crippen LogP contribution in [0.25, 0.3) is 0 Å². The molecule has 0 fully saturated rings. The molecule has 0 aromatic rings. The summed E-state index contributed by atoms with van der Waals surface area (Å²) in [4.78, 5) is 38.1. The van der Waals surface area contributed by atoms with Gasteiger partial charge in [-0.2, -0.15) is 0 Å². The fraction of sp³-hybridized carbons (Fsp3) is 0.554. The zero-order chi connectivity index (χ0) is 51.4. The normalized spacial score (nSPS) is 13.3. The largest absolute Gasteiger partial charge is 0.462 e. The maximum absolute atomic E-state index is 12.8. The van der Waals surface area contributed by atoms with Gasteiger partial charge in [0.15, 0.2) is 6.10 Å². The van der Waals surface area contributed by atoms with Crippen molar-refractivity contribution < 1.29 is 28.6 Å². The fourth-order valence-corrected chi connectivity index (χ4v) is 6.94. The van der Waals surface area contributed by atoms with Gasteiger partial charge >= 0.3 is 17.9 Å². The van der Waals surface area contributed by atoms with Gasteiger partial charge in [-0.1, -0.05) is 224 Å². The van der Waals surface area contributed by atoms with E-state index in [2.05, 4.69) is 167 Å². The quantitative estimate of drug-likeness (QED) is 0.0262. The maximum Gasteiger partial charge on any atom is 0.306 e. The van der Waals surface area contributed by atoms with Crippen molar-refractivity contribution in [2.45, 2.75) is 219 Å². The second-order valence-corrected chi connectivity index (χ2v) is 17.7. The van der Waals surface area contributed by atoms with Crippen LogP contribution in [0.2, 0.25) is 0 Å². The molecule has 0 aromatic carbocycles. The first-order valence-electron chi connectivity index (χ1n) is 28.0. The molecule has 1 unspecified atom stereocenters. The number of carbonyl (C=O) groups is 3. The van der Waals surface area contributed by atoms with Crippen molar-refractivity contribution in [2.75, 3.05) is 13.2 Å². The van der Waals surface area contributed by atoms with Crippen molar-refractivity contribution in [3.8, 4) is 0 Å². The summed E-state index contributed by atoms with van der Waals surface area (Å²) in [6.45, 7) is 6.18. The Labute approximate surface area is 435 Å². The van der Waals surface area contributed by atoms with Crippen molar-refractivity contribution >= 4 is 17.9 Å². The minimum absolute atomic E-state index is 0.122. The predicted molar refractivity (Wildman–Crippen MR) is 306 cm³/mol. The van der Waals surface area contributed by atoms with Gasteiger partial charge in [-0.3, -0.25) is 14.4 Å². The molecule has 0 aromatic heterocycles. The minimum Gasteiger partial charge on any atom is -0.462 e. The molecule has 0 rings (SSSR count). The monoisotopic (exact) mass is 977 g/mol. The van der Waals surface area contributed by atoms with E-state index in [4.69, 9.17) is 14.2 Å². The molecule has 0 saturated heterocycles. The lowest BCUT2D eigenvalue weighted by Crippen LogP contribution is -2.30. The van der Waals surface area contributed by atoms with Crippen LogP contribution in [0, 0.1) is 0 Å². The number of esters is 3. The third-order valence-corrected chi connectivity index (χ3v) is 11.0. The van der Waals surface area contributed by atoms with Crippen LogP contribution in [0.5, 0.6) is 0 Å². The number of ether oxygens (including phenoxy) is 3. The first-order valence-corrected chi connectivity index (χ1v) is 28.0. The van der Waals surface area contributed by atoms with E-state index in [1.165, 1.54) is 12.8 Å². The molecule has 0 aliphatic heterocycles. The Morgan fingerprint density at radius 2 is 0.535 bits per heavy atom. The number of hydrogen-bond donors (Lipinski definition) is 0. The summed E-state index contributed by atoms with van der Waals surface area (Å²) in [5, 5.41) is 0. The number of hydrogen-bond acceptors (Lipinski definition) is 6. The molecular weight excluding hydrogens is 877 g/mol. The molecule has 0 heterocycles. The van der Waals surface area contributed by atoms with Crippen LogP contribution < -0.4 is 0 Å². The van der Waals surface area contributed by atoms with Crippen LogP contribution in [0.15, 0.2) is 158 Å². The van der Waals surface area contributed by atoms with Crippen molar-refractivity contribution in [1.29, 1.82) is 0 Å². The molecule has 396 valence electrons. The van der Waals surface area contributed by atoms with E-state index in [-0.39, 0.29) is 44.0 Å². The molecule has 71 heavy (non-hydrogen) atoms. The van der Waals surface area contributed by atoms with Crippen LogP contribution >= 0.6 is 0 Å². The Balaban J connectivity index is 4.47. The predicted octanol–water partition coefficient (Wildman–Crippen LogP) is 19.0. The van der Waals surface area contributed by atoms with Crippen LogP contribution in [0.3, 0.4) is 0 Å². The van der Waals surface area contributed by atoms with Crippen molar-refractivity contribution in [1.82, 2.24) is 0 Å². The summed E-state index contributed by atoms with van der Waals surface area (Å²) in [5.41, 5.74) is 0. The van der Waals surface area contributed by atoms with Gasteiger partial charge in [0, 0.05) is 19.3 Å². The number of allylic oxidation sites excluding steroid dienone is 26. The highest BCUT2D eigenvalue weighted by atomic mass is 16.6. The highest BCUT2D eigenvalue weighted by Crippen LogP contribution is 2.13. The third-order valence-electron chi connectivity index (χ3n) is 11.0. The molecule has 6 heteroatoms. The molecule has 0 N–H and O–H groups in total. The van der Waals surface area contributed by atoms with E-state index in [9.17, 15) is 14.4 Å². The van der Waals surface area contributed by atoms with Crippen LogP contribution in [0.4, 0.5) is 0 Å². The summed E-state index contributed by atoms with van der Waals surface area (Å²) in [6, 6.07) is 0. The molecule has 0 aliphatic carbocycles. The van der Waals surface area contributed by atoms with Crippen LogP contribution in [-0.2, 0) is 28.6 Å². The summed E-state index contributed by atoms with van der Waals surface area (Å²) < 4.78 is 16.7. The standard InChI is InChI=1S/C65H100O6/c1-4-7-10-13-16-19-22-25-27-28-29-30-31-32-33-34-35-36-38-40-43-46-49-52-55-58-64(67)70-61-62(60-69-63(66)57-54-51-48-45-42-39-24-21-18-15-12-9-6-3)71-65(68)59-56-53-50-47-44-41-37-26-23-20-17-14-11-8-5-2/h7-12,16-21,25-27,29-30,32-33,35-37,39,42,48,51,62H,4-6,13-15,22-24,28,31,34,38,40-41,43-47,49-50,52-61H2,1-3H3/b10-7-,11-8-,12-9-,19-16-,20-17-,21-18-,27-25-,30-29-,33-32-,36-35-,37-26-,42-39-,51-48-. The molecule has 0 radical (unpaired) electrons. The third kappa shape index (κ3) is 55.8. The lowest BCUT2D eigenvalue weighted by molar-refractivity contribution is -0.166. The Morgan fingerprint density at radius 1 is 0.282 bits per heavy atom. The topological polar surface area (TPSA) is 78.9 Å². The second-order valence-electron chi connectivity index (χ2n) is 17.7. The average molecular weight is 978 g/mol. The summed E-state index contributed by atoms with van der Waals surface area (Å²) in [6.07, 6.45) is 83.9. The number of unbranched alkanes of at least 4 members (excludes halogenated alkanes) is 11. The summed E-state index contributed by atoms with van der Waals surface area (Å²) in [7, 11) is 0. The summed E-state index contributed by atoms with van der Waals surface area (Å²) in [5.74, 6) is -1.05. The SMILES string of the molecule is CC/C=C\C/C=C\C/C=C\C/C=C\C/C=C\C/C=C\CCCCCCCCC(=O)OCC(COC(=O)CC/C=C\C/C=C\C/C=C\C/C=C\CC)OC(=O)CCCCCCC/C=C\C/C=C\C/C=C\CC. The van der Waals surface area contributed by atoms with Crippen LogP contribution in [-0.4, -0.2) is 37.2 Å². The molecule has 0 aliphatic rings. The van der Waals surface area contributed by atoms with Gasteiger partial charge in [0.25, 0.3) is 0 Å². The Bertz CT molecular complexity index is 1640. The molecule has 1 atom stereocenters. The zero-order valence-corrected chi connectivity index (χ0v) is 45.2. The van der Waals surface area contributed by atoms with Crippen molar-refractivity contribution in [2.24, 2.45) is 0 Å². The molecule has 6 nitrogen and oxygen atoms in total. The van der Waals surface area contributed by atoms with Gasteiger partial charge < -0.3 is 14.2 Å². The van der Waals surface area contributed by atoms with E-state index in [1.807, 2.05) is 12.2 Å². The zero-order valence-electron chi connectivity index (χ0n) is 45.2. The number of carbonyl (C=O) groups excluding carboxylic acids is 3. The van der Waals surface area contributed by atoms with Gasteiger partial charge in [0.1, 0.15) is 13.2 Å². The highest BCUT2D eigenvalue weighted by Gasteiger charge is 2.19. The summed E-state index contributed by atoms with van der Waals surface area (Å²) >= 11 is 0. The second kappa shape index (κ2) is 57.6. The Hall–Kier alpha value is -4.97. The molecule has 0 bridgehead atoms. The average Bonchev–Trinajstić information content (AvgIpc) is 3.37. The highest BCUT2D eigenvalue weighted by molar-refractivity contribution is 5.71. The fourth-order valence-electron chi connectivity index (χ4n) is 6.94. The van der Waals surface area contributed by atoms with Gasteiger partial charge in [0.05, 0.1) is 0 Å². The van der Waals surface area contributed by atoms with Gasteiger partial charge in [-0.05, 0) is 128 Å². The van der Waals surface area contributed by atoms with Crippen molar-refractivity contribution in [3.05, 3.63) is 158 Å². The van der Waals surface area contributed by atoms with Crippen LogP contribution in [0.1, 0.15) is 213 Å². The van der Waals surface area contributed by atoms with Crippen molar-refractivity contribution in [3.63, 3.8) is 0 Å². The maximum atomic E-state index is 12.8. The lowest BCUT2D eigenvalue weighted by atomic mass is 10.1. The number of rotatable bonds is 48.